The average Bonchev–Trinajstić information content (AvgIpc) is 2.85. The zero-order valence-corrected chi connectivity index (χ0v) is 19.1. The smallest absolute Gasteiger partial charge is 0.334 e. The third-order valence-electron chi connectivity index (χ3n) is 5.49. The van der Waals surface area contributed by atoms with Crippen LogP contribution in [0.5, 0.6) is 11.5 Å². The van der Waals surface area contributed by atoms with E-state index in [1.807, 2.05) is 0 Å². The fourth-order valence-corrected chi connectivity index (χ4v) is 3.63. The summed E-state index contributed by atoms with van der Waals surface area (Å²) in [5, 5.41) is 22.7. The van der Waals surface area contributed by atoms with E-state index >= 15 is 0 Å². The van der Waals surface area contributed by atoms with E-state index in [9.17, 15) is 24.6 Å². The Kier molecular flexibility index (Phi) is 8.77. The van der Waals surface area contributed by atoms with Crippen molar-refractivity contribution in [1.29, 1.82) is 0 Å². The van der Waals surface area contributed by atoms with Crippen LogP contribution in [0.1, 0.15) is 28.8 Å². The first-order chi connectivity index (χ1) is 16.8. The normalized spacial score (nSPS) is 12.6. The molecule has 7 N–H and O–H groups in total. The summed E-state index contributed by atoms with van der Waals surface area (Å²) in [5.74, 6) is -2.58. The van der Waals surface area contributed by atoms with E-state index in [1.165, 1.54) is 18.2 Å². The van der Waals surface area contributed by atoms with Gasteiger partial charge in [0.15, 0.2) is 11.8 Å². The zero-order valence-electron chi connectivity index (χ0n) is 19.1. The second-order valence-electron chi connectivity index (χ2n) is 8.16. The Bertz CT molecular complexity index is 1200. The van der Waals surface area contributed by atoms with E-state index in [2.05, 4.69) is 5.32 Å². The fourth-order valence-electron chi connectivity index (χ4n) is 3.63. The molecule has 9 heteroatoms. The Morgan fingerprint density at radius 2 is 1.71 bits per heavy atom. The van der Waals surface area contributed by atoms with Gasteiger partial charge in [-0.05, 0) is 66.4 Å². The van der Waals surface area contributed by atoms with E-state index in [1.54, 1.807) is 42.5 Å². The second kappa shape index (κ2) is 12.0. The van der Waals surface area contributed by atoms with Crippen molar-refractivity contribution in [3.8, 4) is 11.5 Å². The number of carbonyl (C=O) groups is 3. The summed E-state index contributed by atoms with van der Waals surface area (Å²) < 4.78 is 5.76. The highest BCUT2D eigenvalue weighted by Gasteiger charge is 2.32. The van der Waals surface area contributed by atoms with Gasteiger partial charge in [0.25, 0.3) is 0 Å². The lowest BCUT2D eigenvalue weighted by Crippen LogP contribution is -2.52. The van der Waals surface area contributed by atoms with Crippen LogP contribution in [0.2, 0.25) is 0 Å². The Morgan fingerprint density at radius 3 is 2.40 bits per heavy atom. The molecule has 3 aromatic carbocycles. The van der Waals surface area contributed by atoms with Crippen LogP contribution in [0.15, 0.2) is 60.7 Å². The molecule has 9 nitrogen and oxygen atoms in total. The van der Waals surface area contributed by atoms with Crippen LogP contribution in [-0.2, 0) is 16.0 Å². The maximum atomic E-state index is 13.3. The molecule has 0 aliphatic carbocycles. The molecule has 184 valence electrons. The van der Waals surface area contributed by atoms with Gasteiger partial charge in [-0.2, -0.15) is 0 Å². The molecule has 2 atom stereocenters. The molecule has 3 aromatic rings. The Hall–Kier alpha value is -3.95. The number of Topliss-reactive ketones (excluding diaryl/α,β-unsaturated/α-hetero) is 1. The van der Waals surface area contributed by atoms with Crippen molar-refractivity contribution in [2.45, 2.75) is 31.3 Å². The van der Waals surface area contributed by atoms with Crippen LogP contribution >= 0.6 is 0 Å². The topological polar surface area (TPSA) is 165 Å². The molecule has 1 amide bonds. The van der Waals surface area contributed by atoms with Crippen LogP contribution < -0.4 is 21.5 Å². The number of carboxylic acids is 1. The van der Waals surface area contributed by atoms with E-state index in [-0.39, 0.29) is 17.7 Å². The number of carbonyl (C=O) groups excluding carboxylic acids is 2. The quantitative estimate of drug-likeness (QED) is 0.149. The molecule has 0 heterocycles. The summed E-state index contributed by atoms with van der Waals surface area (Å²) >= 11 is 0. The first kappa shape index (κ1) is 25.7. The van der Waals surface area contributed by atoms with Crippen molar-refractivity contribution in [3.05, 3.63) is 71.8 Å². The molecule has 0 bridgehead atoms. The number of aliphatic carboxylic acids is 1. The molecule has 0 fully saturated rings. The summed E-state index contributed by atoms with van der Waals surface area (Å²) in [6.45, 7) is 0.939. The van der Waals surface area contributed by atoms with Gasteiger partial charge in [-0.15, -0.1) is 0 Å². The molecule has 0 saturated heterocycles. The molecule has 3 rings (SSSR count). The molecular weight excluding hydrogens is 450 g/mol. The maximum absolute atomic E-state index is 13.3. The highest BCUT2D eigenvalue weighted by atomic mass is 16.5. The molecule has 2 unspecified atom stereocenters. The molecule has 0 spiro atoms. The zero-order chi connectivity index (χ0) is 25.4. The summed E-state index contributed by atoms with van der Waals surface area (Å²) in [7, 11) is 0. The molecular formula is C26H29N3O6. The number of rotatable bonds is 12. The highest BCUT2D eigenvalue weighted by Crippen LogP contribution is 2.27. The number of nitrogens with two attached hydrogens (primary N) is 2. The third kappa shape index (κ3) is 6.78. The van der Waals surface area contributed by atoms with Crippen molar-refractivity contribution in [2.75, 3.05) is 13.2 Å². The predicted molar refractivity (Wildman–Crippen MR) is 131 cm³/mol. The number of hydrogen-bond donors (Lipinski definition) is 5. The highest BCUT2D eigenvalue weighted by molar-refractivity contribution is 6.19. The van der Waals surface area contributed by atoms with E-state index in [0.29, 0.717) is 35.2 Å². The van der Waals surface area contributed by atoms with Crippen molar-refractivity contribution in [2.24, 2.45) is 11.5 Å². The number of benzene rings is 3. The molecule has 0 saturated carbocycles. The van der Waals surface area contributed by atoms with Gasteiger partial charge in [0.05, 0.1) is 12.6 Å². The lowest BCUT2D eigenvalue weighted by Gasteiger charge is -2.19. The standard InChI is InChI=1S/C26H29N3O6/c27-11-3-4-12-35-19-14-17-5-1-2-6-20(17)21(15-19)24(31)23(26(33)34)29-25(32)22(28)13-16-7-9-18(30)10-8-16/h1-2,5-10,14-15,22-23,30H,3-4,11-13,27-28H2,(H,29,32)(H,33,34). The Balaban J connectivity index is 1.82. The van der Waals surface area contributed by atoms with Gasteiger partial charge in [0, 0.05) is 5.56 Å². The van der Waals surface area contributed by atoms with E-state index in [4.69, 9.17) is 16.2 Å². The number of amides is 1. The lowest BCUT2D eigenvalue weighted by molar-refractivity contribution is -0.140. The lowest BCUT2D eigenvalue weighted by atomic mass is 9.96. The average molecular weight is 480 g/mol. The second-order valence-corrected chi connectivity index (χ2v) is 8.16. The number of phenols is 1. The third-order valence-corrected chi connectivity index (χ3v) is 5.49. The number of carboxylic acid groups (broad SMARTS) is 1. The number of fused-ring (bicyclic) bond motifs is 1. The predicted octanol–water partition coefficient (Wildman–Crippen LogP) is 1.99. The summed E-state index contributed by atoms with van der Waals surface area (Å²) in [5.41, 5.74) is 12.3. The van der Waals surface area contributed by atoms with Crippen molar-refractivity contribution in [1.82, 2.24) is 5.32 Å². The van der Waals surface area contributed by atoms with Crippen molar-refractivity contribution in [3.63, 3.8) is 0 Å². The minimum absolute atomic E-state index is 0.0705. The molecule has 0 aliphatic rings. The van der Waals surface area contributed by atoms with Gasteiger partial charge in [-0.25, -0.2) is 4.79 Å². The van der Waals surface area contributed by atoms with Crippen LogP contribution in [0.3, 0.4) is 0 Å². The maximum Gasteiger partial charge on any atom is 0.334 e. The van der Waals surface area contributed by atoms with E-state index in [0.717, 1.165) is 12.8 Å². The summed E-state index contributed by atoms with van der Waals surface area (Å²) in [6, 6.07) is 13.5. The minimum atomic E-state index is -1.83. The van der Waals surface area contributed by atoms with Gasteiger partial charge < -0.3 is 31.7 Å². The number of ether oxygens (including phenoxy) is 1. The van der Waals surface area contributed by atoms with Crippen LogP contribution in [-0.4, -0.2) is 53.1 Å². The summed E-state index contributed by atoms with van der Waals surface area (Å²) in [6.07, 6.45) is 1.62. The van der Waals surface area contributed by atoms with E-state index < -0.39 is 29.7 Å². The molecule has 0 aliphatic heterocycles. The van der Waals surface area contributed by atoms with Crippen LogP contribution in [0, 0.1) is 0 Å². The largest absolute Gasteiger partial charge is 0.508 e. The fraction of sp³-hybridized carbons (Fsp3) is 0.269. The van der Waals surface area contributed by atoms with Gasteiger partial charge >= 0.3 is 5.97 Å². The number of ketones is 1. The monoisotopic (exact) mass is 479 g/mol. The van der Waals surface area contributed by atoms with Crippen molar-refractivity contribution >= 4 is 28.4 Å². The first-order valence-corrected chi connectivity index (χ1v) is 11.3. The van der Waals surface area contributed by atoms with Crippen LogP contribution in [0.4, 0.5) is 0 Å². The van der Waals surface area contributed by atoms with Crippen molar-refractivity contribution < 1.29 is 29.3 Å². The molecule has 0 aromatic heterocycles. The van der Waals surface area contributed by atoms with Gasteiger partial charge in [0.1, 0.15) is 11.5 Å². The Morgan fingerprint density at radius 1 is 1.00 bits per heavy atom. The minimum Gasteiger partial charge on any atom is -0.508 e. The van der Waals surface area contributed by atoms with Gasteiger partial charge in [-0.3, -0.25) is 9.59 Å². The SMILES string of the molecule is NCCCCOc1cc(C(=O)C(NC(=O)C(N)Cc2ccc(O)cc2)C(=O)O)c2ccccc2c1. The first-order valence-electron chi connectivity index (χ1n) is 11.3. The number of unbranched alkanes of at least 4 members (excludes halogenated alkanes) is 1. The van der Waals surface area contributed by atoms with Gasteiger partial charge in [0.2, 0.25) is 5.91 Å². The number of nitrogens with one attached hydrogen (secondary N) is 1. The number of aromatic hydroxyl groups is 1. The van der Waals surface area contributed by atoms with Crippen LogP contribution in [0.25, 0.3) is 10.8 Å². The number of phenolic OH excluding ortho intramolecular Hbond substituents is 1. The molecule has 0 radical (unpaired) electrons. The number of hydrogen-bond acceptors (Lipinski definition) is 7. The Labute approximate surface area is 202 Å². The molecule has 35 heavy (non-hydrogen) atoms. The van der Waals surface area contributed by atoms with Gasteiger partial charge in [-0.1, -0.05) is 36.4 Å². The summed E-state index contributed by atoms with van der Waals surface area (Å²) in [4.78, 5) is 38.0.